The number of benzene rings is 2. The van der Waals surface area contributed by atoms with Gasteiger partial charge in [0.1, 0.15) is 11.8 Å². The van der Waals surface area contributed by atoms with E-state index in [1.165, 1.54) is 11.3 Å². The minimum Gasteiger partial charge on any atom is -0.493 e. The van der Waals surface area contributed by atoms with Gasteiger partial charge in [-0.1, -0.05) is 18.2 Å². The molecule has 0 saturated carbocycles. The first kappa shape index (κ1) is 20.8. The third kappa shape index (κ3) is 4.52. The third-order valence-corrected chi connectivity index (χ3v) is 5.79. The van der Waals surface area contributed by atoms with E-state index in [9.17, 15) is 4.79 Å². The van der Waals surface area contributed by atoms with Gasteiger partial charge in [0.15, 0.2) is 22.1 Å². The normalized spacial score (nSPS) is 11.7. The summed E-state index contributed by atoms with van der Waals surface area (Å²) in [5.41, 5.74) is 0.650. The fourth-order valence-electron chi connectivity index (χ4n) is 3.04. The van der Waals surface area contributed by atoms with Crippen molar-refractivity contribution in [1.82, 2.24) is 14.8 Å². The Balaban J connectivity index is 1.47. The summed E-state index contributed by atoms with van der Waals surface area (Å²) in [5.74, 6) is 2.34. The zero-order chi connectivity index (χ0) is 21.8. The maximum Gasteiger partial charge on any atom is 0.247 e. The number of para-hydroxylation sites is 2. The van der Waals surface area contributed by atoms with Crippen LogP contribution in [0, 0.1) is 4.77 Å². The van der Waals surface area contributed by atoms with Crippen LogP contribution in [0.15, 0.2) is 66.0 Å². The van der Waals surface area contributed by atoms with Crippen molar-refractivity contribution in [3.63, 3.8) is 0 Å². The van der Waals surface area contributed by atoms with E-state index in [1.807, 2.05) is 41.8 Å². The third-order valence-electron chi connectivity index (χ3n) is 4.63. The van der Waals surface area contributed by atoms with Crippen molar-refractivity contribution in [2.45, 2.75) is 13.0 Å². The van der Waals surface area contributed by atoms with Crippen molar-refractivity contribution >= 4 is 35.1 Å². The first-order valence-corrected chi connectivity index (χ1v) is 10.8. The first-order valence-electron chi connectivity index (χ1n) is 9.49. The van der Waals surface area contributed by atoms with Gasteiger partial charge in [-0.3, -0.25) is 14.5 Å². The molecule has 2 aromatic heterocycles. The molecule has 0 aliphatic carbocycles. The van der Waals surface area contributed by atoms with Gasteiger partial charge in [-0.25, -0.2) is 0 Å². The number of hydrogen-bond donors (Lipinski definition) is 2. The SMILES string of the molecule is COc1ccccc1Oc1ccc(NC(=O)C(C)n2c(-c3cccs3)n[nH]c2=S)cc1. The maximum atomic E-state index is 12.9. The smallest absolute Gasteiger partial charge is 0.247 e. The van der Waals surface area contributed by atoms with E-state index in [0.29, 0.717) is 33.5 Å². The average Bonchev–Trinajstić information content (AvgIpc) is 3.44. The molecule has 0 aliphatic rings. The number of nitrogens with zero attached hydrogens (tertiary/aromatic N) is 2. The molecule has 2 N–H and O–H groups in total. The number of carbonyl (C=O) groups excluding carboxylic acids is 1. The molecule has 158 valence electrons. The van der Waals surface area contributed by atoms with Gasteiger partial charge in [0.05, 0.1) is 12.0 Å². The Bertz CT molecular complexity index is 1230. The van der Waals surface area contributed by atoms with E-state index >= 15 is 0 Å². The summed E-state index contributed by atoms with van der Waals surface area (Å²) in [6.45, 7) is 1.79. The van der Waals surface area contributed by atoms with Gasteiger partial charge in [0.25, 0.3) is 0 Å². The monoisotopic (exact) mass is 452 g/mol. The highest BCUT2D eigenvalue weighted by molar-refractivity contribution is 7.71. The van der Waals surface area contributed by atoms with Crippen molar-refractivity contribution in [3.8, 4) is 28.0 Å². The number of rotatable bonds is 7. The van der Waals surface area contributed by atoms with Crippen LogP contribution in [0.1, 0.15) is 13.0 Å². The lowest BCUT2D eigenvalue weighted by Crippen LogP contribution is -2.24. The number of ether oxygens (including phenoxy) is 2. The van der Waals surface area contributed by atoms with Crippen molar-refractivity contribution in [1.29, 1.82) is 0 Å². The predicted octanol–water partition coefficient (Wildman–Crippen LogP) is 5.67. The number of methoxy groups -OCH3 is 1. The predicted molar refractivity (Wildman–Crippen MR) is 124 cm³/mol. The van der Waals surface area contributed by atoms with Gasteiger partial charge < -0.3 is 14.8 Å². The van der Waals surface area contributed by atoms with E-state index in [1.54, 1.807) is 42.9 Å². The van der Waals surface area contributed by atoms with E-state index in [-0.39, 0.29) is 5.91 Å². The number of nitrogens with one attached hydrogen (secondary N) is 2. The lowest BCUT2D eigenvalue weighted by atomic mass is 10.2. The summed E-state index contributed by atoms with van der Waals surface area (Å²) in [5, 5.41) is 11.9. The average molecular weight is 453 g/mol. The molecular weight excluding hydrogens is 432 g/mol. The molecule has 2 heterocycles. The zero-order valence-corrected chi connectivity index (χ0v) is 18.5. The molecule has 1 unspecified atom stereocenters. The zero-order valence-electron chi connectivity index (χ0n) is 16.9. The summed E-state index contributed by atoms with van der Waals surface area (Å²) >= 11 is 6.89. The molecule has 1 atom stereocenters. The van der Waals surface area contributed by atoms with Gasteiger partial charge in [-0.05, 0) is 67.0 Å². The molecule has 7 nitrogen and oxygen atoms in total. The van der Waals surface area contributed by atoms with Crippen LogP contribution in [-0.2, 0) is 4.79 Å². The van der Waals surface area contributed by atoms with Gasteiger partial charge in [0, 0.05) is 5.69 Å². The minimum atomic E-state index is -0.548. The standard InChI is InChI=1S/C22H20N4O3S2/c1-14(26-20(24-25-22(26)30)19-8-5-13-31-19)21(27)23-15-9-11-16(12-10-15)29-18-7-4-3-6-17(18)28-2/h3-14H,1-2H3,(H,23,27)(H,25,30). The molecule has 0 saturated heterocycles. The Morgan fingerprint density at radius 3 is 2.55 bits per heavy atom. The van der Waals surface area contributed by atoms with Gasteiger partial charge in [-0.15, -0.1) is 11.3 Å². The van der Waals surface area contributed by atoms with E-state index in [0.717, 1.165) is 4.88 Å². The molecule has 9 heteroatoms. The van der Waals surface area contributed by atoms with E-state index < -0.39 is 6.04 Å². The first-order chi connectivity index (χ1) is 15.1. The van der Waals surface area contributed by atoms with Crippen LogP contribution < -0.4 is 14.8 Å². The molecule has 0 radical (unpaired) electrons. The quantitative estimate of drug-likeness (QED) is 0.353. The maximum absolute atomic E-state index is 12.9. The van der Waals surface area contributed by atoms with Crippen LogP contribution in [0.4, 0.5) is 5.69 Å². The lowest BCUT2D eigenvalue weighted by Gasteiger charge is -2.15. The number of carbonyl (C=O) groups is 1. The van der Waals surface area contributed by atoms with Crippen LogP contribution in [0.5, 0.6) is 17.2 Å². The van der Waals surface area contributed by atoms with Gasteiger partial charge in [0.2, 0.25) is 5.91 Å². The number of anilines is 1. The highest BCUT2D eigenvalue weighted by Gasteiger charge is 2.21. The summed E-state index contributed by atoms with van der Waals surface area (Å²) in [6.07, 6.45) is 0. The fraction of sp³-hybridized carbons (Fsp3) is 0.136. The second-order valence-corrected chi connectivity index (χ2v) is 7.98. The van der Waals surface area contributed by atoms with Crippen molar-refractivity contribution < 1.29 is 14.3 Å². The number of amides is 1. The highest BCUT2D eigenvalue weighted by Crippen LogP contribution is 2.31. The molecule has 4 aromatic rings. The molecule has 31 heavy (non-hydrogen) atoms. The van der Waals surface area contributed by atoms with Crippen LogP contribution in [0.2, 0.25) is 0 Å². The van der Waals surface area contributed by atoms with Crippen molar-refractivity contribution in [2.24, 2.45) is 0 Å². The van der Waals surface area contributed by atoms with Crippen LogP contribution >= 0.6 is 23.6 Å². The Hall–Kier alpha value is -3.43. The molecule has 4 rings (SSSR count). The summed E-state index contributed by atoms with van der Waals surface area (Å²) in [4.78, 5) is 13.8. The second kappa shape index (κ2) is 9.15. The van der Waals surface area contributed by atoms with Gasteiger partial charge >= 0.3 is 0 Å². The fourth-order valence-corrected chi connectivity index (χ4v) is 4.04. The summed E-state index contributed by atoms with van der Waals surface area (Å²) in [7, 11) is 1.60. The van der Waals surface area contributed by atoms with E-state index in [4.69, 9.17) is 21.7 Å². The second-order valence-electron chi connectivity index (χ2n) is 6.64. The van der Waals surface area contributed by atoms with Crippen LogP contribution in [-0.4, -0.2) is 27.8 Å². The number of aromatic amines is 1. The highest BCUT2D eigenvalue weighted by atomic mass is 32.1. The Labute approximate surface area is 188 Å². The number of aromatic nitrogens is 3. The Morgan fingerprint density at radius 1 is 1.13 bits per heavy atom. The number of thiophene rings is 1. The summed E-state index contributed by atoms with van der Waals surface area (Å²) < 4.78 is 13.3. The molecule has 1 amide bonds. The van der Waals surface area contributed by atoms with Crippen LogP contribution in [0.3, 0.4) is 0 Å². The largest absolute Gasteiger partial charge is 0.493 e. The van der Waals surface area contributed by atoms with Crippen molar-refractivity contribution in [3.05, 3.63) is 70.8 Å². The van der Waals surface area contributed by atoms with Crippen LogP contribution in [0.25, 0.3) is 10.7 Å². The summed E-state index contributed by atoms with van der Waals surface area (Å²) in [6, 6.07) is 17.9. The molecule has 2 aromatic carbocycles. The Kier molecular flexibility index (Phi) is 6.15. The van der Waals surface area contributed by atoms with E-state index in [2.05, 4.69) is 15.5 Å². The molecule has 0 bridgehead atoms. The molecule has 0 fully saturated rings. The Morgan fingerprint density at radius 2 is 1.87 bits per heavy atom. The number of H-pyrrole nitrogens is 1. The van der Waals surface area contributed by atoms with Gasteiger partial charge in [-0.2, -0.15) is 5.10 Å². The topological polar surface area (TPSA) is 81.2 Å². The molecular formula is C22H20N4O3S2. The molecule has 0 spiro atoms. The minimum absolute atomic E-state index is 0.200. The molecule has 0 aliphatic heterocycles. The number of hydrogen-bond acceptors (Lipinski definition) is 6. The lowest BCUT2D eigenvalue weighted by molar-refractivity contribution is -0.118. The van der Waals surface area contributed by atoms with Crippen molar-refractivity contribution in [2.75, 3.05) is 12.4 Å².